The average Bonchev–Trinajstić information content (AvgIpc) is 2.71. The predicted octanol–water partition coefficient (Wildman–Crippen LogP) is 2.58. The number of hydrogen-bond acceptors (Lipinski definition) is 6. The second-order valence-corrected chi connectivity index (χ2v) is 7.23. The van der Waals surface area contributed by atoms with Crippen LogP contribution in [-0.4, -0.2) is 39.2 Å². The summed E-state index contributed by atoms with van der Waals surface area (Å²) in [5, 5.41) is 3.03. The van der Waals surface area contributed by atoms with Gasteiger partial charge in [0.05, 0.1) is 26.9 Å². The van der Waals surface area contributed by atoms with Gasteiger partial charge in [-0.3, -0.25) is 9.59 Å². The Bertz CT molecular complexity index is 908. The van der Waals surface area contributed by atoms with E-state index >= 15 is 0 Å². The number of nitrogens with two attached hydrogens (primary N) is 1. The summed E-state index contributed by atoms with van der Waals surface area (Å²) in [6.07, 6.45) is 0.642. The van der Waals surface area contributed by atoms with E-state index in [0.717, 1.165) is 15.8 Å². The van der Waals surface area contributed by atoms with Crippen molar-refractivity contribution in [3.63, 3.8) is 0 Å². The fourth-order valence-electron chi connectivity index (χ4n) is 3.05. The SMILES string of the molecule is COc1cc(C(=O)NC2CCOc3ccc(Br)cc32)cc(OC)c1OCC(N)=O. The van der Waals surface area contributed by atoms with E-state index in [0.29, 0.717) is 18.6 Å². The molecule has 2 aromatic rings. The predicted molar refractivity (Wildman–Crippen MR) is 109 cm³/mol. The highest BCUT2D eigenvalue weighted by Crippen LogP contribution is 2.39. The van der Waals surface area contributed by atoms with E-state index in [2.05, 4.69) is 21.2 Å². The lowest BCUT2D eigenvalue weighted by Crippen LogP contribution is -2.32. The molecule has 1 heterocycles. The van der Waals surface area contributed by atoms with Gasteiger partial charge in [0.1, 0.15) is 5.75 Å². The quantitative estimate of drug-likeness (QED) is 0.651. The Kier molecular flexibility index (Phi) is 6.48. The Balaban J connectivity index is 1.86. The van der Waals surface area contributed by atoms with Crippen LogP contribution in [0, 0.1) is 0 Å². The third-order valence-electron chi connectivity index (χ3n) is 4.40. The second-order valence-electron chi connectivity index (χ2n) is 6.31. The minimum absolute atomic E-state index is 0.200. The molecule has 3 N–H and O–H groups in total. The van der Waals surface area contributed by atoms with E-state index in [9.17, 15) is 9.59 Å². The molecule has 29 heavy (non-hydrogen) atoms. The molecule has 0 spiro atoms. The number of ether oxygens (including phenoxy) is 4. The lowest BCUT2D eigenvalue weighted by atomic mass is 10.00. The summed E-state index contributed by atoms with van der Waals surface area (Å²) in [4.78, 5) is 24.0. The zero-order chi connectivity index (χ0) is 21.0. The van der Waals surface area contributed by atoms with Gasteiger partial charge in [0, 0.05) is 22.0 Å². The molecule has 3 rings (SSSR count). The zero-order valence-electron chi connectivity index (χ0n) is 16.0. The Morgan fingerprint density at radius 1 is 1.21 bits per heavy atom. The Labute approximate surface area is 176 Å². The monoisotopic (exact) mass is 464 g/mol. The van der Waals surface area contributed by atoms with E-state index in [1.807, 2.05) is 18.2 Å². The fraction of sp³-hybridized carbons (Fsp3) is 0.300. The zero-order valence-corrected chi connectivity index (χ0v) is 17.6. The molecular formula is C20H21BrN2O6. The van der Waals surface area contributed by atoms with Gasteiger partial charge in [-0.1, -0.05) is 15.9 Å². The molecule has 1 unspecified atom stereocenters. The molecule has 0 fully saturated rings. The van der Waals surface area contributed by atoms with Crippen LogP contribution in [0.2, 0.25) is 0 Å². The summed E-state index contributed by atoms with van der Waals surface area (Å²) in [5.41, 5.74) is 6.36. The van der Waals surface area contributed by atoms with Crippen molar-refractivity contribution in [3.05, 3.63) is 45.9 Å². The summed E-state index contributed by atoms with van der Waals surface area (Å²) < 4.78 is 22.6. The van der Waals surface area contributed by atoms with Crippen LogP contribution in [0.5, 0.6) is 23.0 Å². The van der Waals surface area contributed by atoms with Crippen molar-refractivity contribution in [3.8, 4) is 23.0 Å². The summed E-state index contributed by atoms with van der Waals surface area (Å²) in [7, 11) is 2.86. The first-order valence-electron chi connectivity index (χ1n) is 8.83. The number of halogens is 1. The van der Waals surface area contributed by atoms with Gasteiger partial charge in [-0.2, -0.15) is 0 Å². The summed E-state index contributed by atoms with van der Waals surface area (Å²) in [5.74, 6) is 0.513. The third kappa shape index (κ3) is 4.73. The molecule has 0 aliphatic carbocycles. The van der Waals surface area contributed by atoms with Gasteiger partial charge in [-0.05, 0) is 30.3 Å². The molecule has 1 atom stereocenters. The van der Waals surface area contributed by atoms with Crippen molar-refractivity contribution in [1.29, 1.82) is 0 Å². The van der Waals surface area contributed by atoms with Gasteiger partial charge < -0.3 is 30.0 Å². The van der Waals surface area contributed by atoms with Crippen LogP contribution in [-0.2, 0) is 4.79 Å². The van der Waals surface area contributed by atoms with E-state index in [1.165, 1.54) is 26.4 Å². The van der Waals surface area contributed by atoms with E-state index < -0.39 is 5.91 Å². The number of benzene rings is 2. The maximum Gasteiger partial charge on any atom is 0.255 e. The molecule has 154 valence electrons. The van der Waals surface area contributed by atoms with Crippen LogP contribution < -0.4 is 30.0 Å². The molecule has 0 saturated heterocycles. The van der Waals surface area contributed by atoms with Gasteiger partial charge in [0.25, 0.3) is 11.8 Å². The molecular weight excluding hydrogens is 444 g/mol. The lowest BCUT2D eigenvalue weighted by Gasteiger charge is -2.27. The first-order chi connectivity index (χ1) is 13.9. The standard InChI is InChI=1S/C20H21BrN2O6/c1-26-16-7-11(8-17(27-2)19(16)29-10-18(22)24)20(25)23-14-5-6-28-15-4-3-12(21)9-13(14)15/h3-4,7-9,14H,5-6,10H2,1-2H3,(H2,22,24)(H,23,25). The van der Waals surface area contributed by atoms with Crippen molar-refractivity contribution in [2.45, 2.75) is 12.5 Å². The topological polar surface area (TPSA) is 109 Å². The van der Waals surface area contributed by atoms with Crippen molar-refractivity contribution < 1.29 is 28.5 Å². The summed E-state index contributed by atoms with van der Waals surface area (Å²) in [6.45, 7) is 0.165. The number of nitrogens with one attached hydrogen (secondary N) is 1. The Morgan fingerprint density at radius 3 is 2.52 bits per heavy atom. The molecule has 2 amide bonds. The Morgan fingerprint density at radius 2 is 1.90 bits per heavy atom. The highest BCUT2D eigenvalue weighted by Gasteiger charge is 2.25. The molecule has 0 aromatic heterocycles. The number of methoxy groups -OCH3 is 2. The van der Waals surface area contributed by atoms with Crippen LogP contribution in [0.4, 0.5) is 0 Å². The van der Waals surface area contributed by atoms with Crippen LogP contribution in [0.3, 0.4) is 0 Å². The number of fused-ring (bicyclic) bond motifs is 1. The maximum absolute atomic E-state index is 12.9. The first kappa shape index (κ1) is 20.8. The molecule has 9 heteroatoms. The number of hydrogen-bond donors (Lipinski definition) is 2. The van der Waals surface area contributed by atoms with Gasteiger partial charge >= 0.3 is 0 Å². The van der Waals surface area contributed by atoms with Gasteiger partial charge in [-0.15, -0.1) is 0 Å². The van der Waals surface area contributed by atoms with Crippen molar-refractivity contribution in [1.82, 2.24) is 5.32 Å². The van der Waals surface area contributed by atoms with Crippen LogP contribution in [0.25, 0.3) is 0 Å². The smallest absolute Gasteiger partial charge is 0.255 e. The second kappa shape index (κ2) is 9.04. The summed E-state index contributed by atoms with van der Waals surface area (Å²) >= 11 is 3.45. The van der Waals surface area contributed by atoms with Gasteiger partial charge in [0.15, 0.2) is 18.1 Å². The molecule has 0 saturated carbocycles. The lowest BCUT2D eigenvalue weighted by molar-refractivity contribution is -0.120. The largest absolute Gasteiger partial charge is 0.493 e. The number of carbonyl (C=O) groups is 2. The minimum Gasteiger partial charge on any atom is -0.493 e. The maximum atomic E-state index is 12.9. The molecule has 1 aliphatic heterocycles. The van der Waals surface area contributed by atoms with E-state index in [-0.39, 0.29) is 35.8 Å². The summed E-state index contributed by atoms with van der Waals surface area (Å²) in [6, 6.07) is 8.54. The number of amides is 2. The number of carbonyl (C=O) groups excluding carboxylic acids is 2. The fourth-order valence-corrected chi connectivity index (χ4v) is 3.43. The van der Waals surface area contributed by atoms with Gasteiger partial charge in [0.2, 0.25) is 5.75 Å². The highest BCUT2D eigenvalue weighted by molar-refractivity contribution is 9.10. The molecule has 0 bridgehead atoms. The number of rotatable bonds is 7. The molecule has 2 aromatic carbocycles. The molecule has 0 radical (unpaired) electrons. The minimum atomic E-state index is -0.639. The normalized spacial score (nSPS) is 14.9. The van der Waals surface area contributed by atoms with E-state index in [1.54, 1.807) is 0 Å². The molecule has 1 aliphatic rings. The van der Waals surface area contributed by atoms with Crippen molar-refractivity contribution in [2.24, 2.45) is 5.73 Å². The van der Waals surface area contributed by atoms with Gasteiger partial charge in [-0.25, -0.2) is 0 Å². The van der Waals surface area contributed by atoms with Crippen molar-refractivity contribution in [2.75, 3.05) is 27.4 Å². The van der Waals surface area contributed by atoms with Crippen molar-refractivity contribution >= 4 is 27.7 Å². The third-order valence-corrected chi connectivity index (χ3v) is 4.89. The molecule has 8 nitrogen and oxygen atoms in total. The van der Waals surface area contributed by atoms with Crippen LogP contribution in [0.1, 0.15) is 28.4 Å². The van der Waals surface area contributed by atoms with Crippen LogP contribution in [0.15, 0.2) is 34.8 Å². The Hall–Kier alpha value is -2.94. The van der Waals surface area contributed by atoms with E-state index in [4.69, 9.17) is 24.7 Å². The number of primary amides is 1. The highest BCUT2D eigenvalue weighted by atomic mass is 79.9. The van der Waals surface area contributed by atoms with Crippen LogP contribution >= 0.6 is 15.9 Å². The first-order valence-corrected chi connectivity index (χ1v) is 9.62. The average molecular weight is 465 g/mol.